The van der Waals surface area contributed by atoms with Gasteiger partial charge in [0.15, 0.2) is 0 Å². The average Bonchev–Trinajstić information content (AvgIpc) is 3.15. The van der Waals surface area contributed by atoms with Crippen molar-refractivity contribution in [2.45, 2.75) is 25.8 Å². The first-order chi connectivity index (χ1) is 13.0. The molecular weight excluding hydrogens is 366 g/mol. The standard InChI is InChI=1S/C20H20ClN3O3/c1-13(14-6-8-17(26-2)9-7-14)22-18(25)10-11-19-23-20(24-27-19)15-4-3-5-16(21)12-15/h3-9,12-13H,10-11H2,1-2H3,(H,22,25). The number of nitrogens with zero attached hydrogens (tertiary/aromatic N) is 2. The number of carbonyl (C=O) groups is 1. The second kappa shape index (κ2) is 8.68. The van der Waals surface area contributed by atoms with Gasteiger partial charge < -0.3 is 14.6 Å². The lowest BCUT2D eigenvalue weighted by atomic mass is 10.1. The van der Waals surface area contributed by atoms with Gasteiger partial charge in [0.1, 0.15) is 5.75 Å². The molecule has 0 saturated carbocycles. The van der Waals surface area contributed by atoms with Crippen LogP contribution >= 0.6 is 11.6 Å². The lowest BCUT2D eigenvalue weighted by Crippen LogP contribution is -2.26. The monoisotopic (exact) mass is 385 g/mol. The molecule has 7 heteroatoms. The first-order valence-corrected chi connectivity index (χ1v) is 8.95. The minimum absolute atomic E-state index is 0.0826. The normalized spacial score (nSPS) is 11.8. The molecule has 0 saturated heterocycles. The van der Waals surface area contributed by atoms with Crippen molar-refractivity contribution in [2.75, 3.05) is 7.11 Å². The first-order valence-electron chi connectivity index (χ1n) is 8.57. The summed E-state index contributed by atoms with van der Waals surface area (Å²) in [5, 5.41) is 7.51. The predicted molar refractivity (Wildman–Crippen MR) is 103 cm³/mol. The number of nitrogens with one attached hydrogen (secondary N) is 1. The highest BCUT2D eigenvalue weighted by molar-refractivity contribution is 6.30. The van der Waals surface area contributed by atoms with E-state index in [4.69, 9.17) is 20.9 Å². The number of aryl methyl sites for hydroxylation is 1. The Labute approximate surface area is 162 Å². The number of carbonyl (C=O) groups excluding carboxylic acids is 1. The quantitative estimate of drug-likeness (QED) is 0.659. The number of amides is 1. The van der Waals surface area contributed by atoms with Crippen LogP contribution in [0.15, 0.2) is 53.1 Å². The zero-order valence-electron chi connectivity index (χ0n) is 15.1. The third-order valence-electron chi connectivity index (χ3n) is 4.11. The first kappa shape index (κ1) is 18.9. The largest absolute Gasteiger partial charge is 0.497 e. The number of halogens is 1. The van der Waals surface area contributed by atoms with Crippen molar-refractivity contribution in [3.05, 3.63) is 65.0 Å². The van der Waals surface area contributed by atoms with Crippen LogP contribution in [-0.4, -0.2) is 23.2 Å². The van der Waals surface area contributed by atoms with Crippen molar-refractivity contribution in [3.8, 4) is 17.1 Å². The van der Waals surface area contributed by atoms with E-state index in [2.05, 4.69) is 15.5 Å². The molecule has 0 aliphatic carbocycles. The van der Waals surface area contributed by atoms with Crippen LogP contribution in [-0.2, 0) is 11.2 Å². The van der Waals surface area contributed by atoms with Crippen LogP contribution in [0.5, 0.6) is 5.75 Å². The molecule has 140 valence electrons. The molecule has 0 radical (unpaired) electrons. The Hall–Kier alpha value is -2.86. The van der Waals surface area contributed by atoms with E-state index in [-0.39, 0.29) is 18.4 Å². The van der Waals surface area contributed by atoms with Crippen LogP contribution < -0.4 is 10.1 Å². The fourth-order valence-corrected chi connectivity index (χ4v) is 2.80. The Morgan fingerprint density at radius 1 is 1.26 bits per heavy atom. The van der Waals surface area contributed by atoms with Crippen molar-refractivity contribution in [3.63, 3.8) is 0 Å². The Bertz CT molecular complexity index is 909. The molecule has 6 nitrogen and oxygen atoms in total. The molecule has 1 heterocycles. The summed E-state index contributed by atoms with van der Waals surface area (Å²) in [5.74, 6) is 1.57. The molecule has 0 aliphatic heterocycles. The number of benzene rings is 2. The third kappa shape index (κ3) is 5.08. The van der Waals surface area contributed by atoms with Crippen LogP contribution in [0.25, 0.3) is 11.4 Å². The van der Waals surface area contributed by atoms with Crippen LogP contribution in [0.3, 0.4) is 0 Å². The molecule has 2 aromatic carbocycles. The van der Waals surface area contributed by atoms with E-state index in [0.29, 0.717) is 23.2 Å². The summed E-state index contributed by atoms with van der Waals surface area (Å²) in [7, 11) is 1.62. The fraction of sp³-hybridized carbons (Fsp3) is 0.250. The SMILES string of the molecule is COc1ccc(C(C)NC(=O)CCc2nc(-c3cccc(Cl)c3)no2)cc1. The third-order valence-corrected chi connectivity index (χ3v) is 4.35. The van der Waals surface area contributed by atoms with Gasteiger partial charge in [0, 0.05) is 23.4 Å². The summed E-state index contributed by atoms with van der Waals surface area (Å²) < 4.78 is 10.4. The number of methoxy groups -OCH3 is 1. The van der Waals surface area contributed by atoms with Gasteiger partial charge in [-0.25, -0.2) is 0 Å². The number of hydrogen-bond acceptors (Lipinski definition) is 5. The van der Waals surface area contributed by atoms with Crippen LogP contribution in [0, 0.1) is 0 Å². The van der Waals surface area contributed by atoms with Gasteiger partial charge in [0.2, 0.25) is 17.6 Å². The maximum Gasteiger partial charge on any atom is 0.227 e. The summed E-state index contributed by atoms with van der Waals surface area (Å²) in [4.78, 5) is 16.5. The molecule has 0 spiro atoms. The van der Waals surface area contributed by atoms with Gasteiger partial charge >= 0.3 is 0 Å². The van der Waals surface area contributed by atoms with Gasteiger partial charge in [0.25, 0.3) is 0 Å². The fourth-order valence-electron chi connectivity index (χ4n) is 2.61. The van der Waals surface area contributed by atoms with Crippen LogP contribution in [0.2, 0.25) is 5.02 Å². The van der Waals surface area contributed by atoms with E-state index in [0.717, 1.165) is 16.9 Å². The van der Waals surface area contributed by atoms with Crippen LogP contribution in [0.1, 0.15) is 30.8 Å². The second-order valence-electron chi connectivity index (χ2n) is 6.08. The molecule has 0 fully saturated rings. The average molecular weight is 386 g/mol. The molecule has 1 amide bonds. The zero-order valence-corrected chi connectivity index (χ0v) is 15.9. The van der Waals surface area contributed by atoms with Crippen LogP contribution in [0.4, 0.5) is 0 Å². The van der Waals surface area contributed by atoms with Crippen molar-refractivity contribution in [1.29, 1.82) is 0 Å². The smallest absolute Gasteiger partial charge is 0.227 e. The molecule has 1 N–H and O–H groups in total. The highest BCUT2D eigenvalue weighted by Gasteiger charge is 2.13. The lowest BCUT2D eigenvalue weighted by molar-refractivity contribution is -0.121. The van der Waals surface area contributed by atoms with E-state index in [1.807, 2.05) is 43.3 Å². The minimum atomic E-state index is -0.104. The van der Waals surface area contributed by atoms with Crippen molar-refractivity contribution in [1.82, 2.24) is 15.5 Å². The van der Waals surface area contributed by atoms with Gasteiger partial charge in [-0.2, -0.15) is 4.98 Å². The summed E-state index contributed by atoms with van der Waals surface area (Å²) in [6.45, 7) is 1.93. The summed E-state index contributed by atoms with van der Waals surface area (Å²) >= 11 is 5.97. The van der Waals surface area contributed by atoms with Crippen molar-refractivity contribution < 1.29 is 14.1 Å². The molecule has 3 rings (SSSR count). The highest BCUT2D eigenvalue weighted by Crippen LogP contribution is 2.20. The number of ether oxygens (including phenoxy) is 1. The van der Waals surface area contributed by atoms with E-state index >= 15 is 0 Å². The zero-order chi connectivity index (χ0) is 19.2. The summed E-state index contributed by atoms with van der Waals surface area (Å²) in [5.41, 5.74) is 1.78. The van der Waals surface area contributed by atoms with E-state index < -0.39 is 0 Å². The Kier molecular flexibility index (Phi) is 6.08. The highest BCUT2D eigenvalue weighted by atomic mass is 35.5. The molecular formula is C20H20ClN3O3. The molecule has 1 aromatic heterocycles. The molecule has 27 heavy (non-hydrogen) atoms. The Balaban J connectivity index is 1.53. The Morgan fingerprint density at radius 2 is 2.04 bits per heavy atom. The van der Waals surface area contributed by atoms with Gasteiger partial charge in [-0.3, -0.25) is 4.79 Å². The van der Waals surface area contributed by atoms with Gasteiger partial charge in [0.05, 0.1) is 13.2 Å². The number of hydrogen-bond donors (Lipinski definition) is 1. The molecule has 0 bridgehead atoms. The minimum Gasteiger partial charge on any atom is -0.497 e. The second-order valence-corrected chi connectivity index (χ2v) is 6.52. The Morgan fingerprint density at radius 3 is 2.74 bits per heavy atom. The van der Waals surface area contributed by atoms with Crippen molar-refractivity contribution >= 4 is 17.5 Å². The number of rotatable bonds is 7. The van der Waals surface area contributed by atoms with E-state index in [1.165, 1.54) is 0 Å². The van der Waals surface area contributed by atoms with Crippen molar-refractivity contribution in [2.24, 2.45) is 0 Å². The maximum atomic E-state index is 12.2. The number of aromatic nitrogens is 2. The van der Waals surface area contributed by atoms with E-state index in [1.54, 1.807) is 19.2 Å². The molecule has 1 unspecified atom stereocenters. The molecule has 3 aromatic rings. The summed E-state index contributed by atoms with van der Waals surface area (Å²) in [6, 6.07) is 14.7. The maximum absolute atomic E-state index is 12.2. The van der Waals surface area contributed by atoms with Gasteiger partial charge in [-0.05, 0) is 36.8 Å². The molecule has 0 aliphatic rings. The lowest BCUT2D eigenvalue weighted by Gasteiger charge is -2.14. The predicted octanol–water partition coefficient (Wildman–Crippen LogP) is 4.21. The van der Waals surface area contributed by atoms with Gasteiger partial charge in [-0.15, -0.1) is 0 Å². The summed E-state index contributed by atoms with van der Waals surface area (Å²) in [6.07, 6.45) is 0.631. The topological polar surface area (TPSA) is 77.2 Å². The molecule has 1 atom stereocenters. The van der Waals surface area contributed by atoms with E-state index in [9.17, 15) is 4.79 Å². The van der Waals surface area contributed by atoms with Gasteiger partial charge in [-0.1, -0.05) is 41.0 Å².